The van der Waals surface area contributed by atoms with Gasteiger partial charge in [-0.2, -0.15) is 0 Å². The highest BCUT2D eigenvalue weighted by Gasteiger charge is 2.19. The molecule has 0 aromatic carbocycles. The molecule has 0 N–H and O–H groups in total. The summed E-state index contributed by atoms with van der Waals surface area (Å²) in [5.74, 6) is 2.79. The van der Waals surface area contributed by atoms with Gasteiger partial charge in [0.1, 0.15) is 0 Å². The first-order valence-electron chi connectivity index (χ1n) is 6.17. The summed E-state index contributed by atoms with van der Waals surface area (Å²) in [5, 5.41) is 0. The minimum Gasteiger partial charge on any atom is -0.0654 e. The van der Waals surface area contributed by atoms with E-state index in [0.29, 0.717) is 0 Å². The topological polar surface area (TPSA) is 0 Å². The minimum atomic E-state index is 0.991. The average molecular weight is 181 g/mol. The van der Waals surface area contributed by atoms with E-state index < -0.39 is 0 Å². The lowest BCUT2D eigenvalue weighted by Crippen LogP contribution is -2.13. The Balaban J connectivity index is 2.09. The fourth-order valence-electron chi connectivity index (χ4n) is 2.45. The highest BCUT2D eigenvalue weighted by atomic mass is 14.2. The van der Waals surface area contributed by atoms with E-state index in [1.807, 2.05) is 0 Å². The van der Waals surface area contributed by atoms with Crippen molar-refractivity contribution in [3.8, 4) is 0 Å². The zero-order valence-corrected chi connectivity index (χ0v) is 9.44. The van der Waals surface area contributed by atoms with Gasteiger partial charge in [-0.1, -0.05) is 52.4 Å². The molecule has 0 aliphatic heterocycles. The van der Waals surface area contributed by atoms with Crippen LogP contribution in [0.1, 0.15) is 71.6 Å². The molecule has 0 heteroatoms. The minimum absolute atomic E-state index is 0.991. The molecular weight excluding hydrogens is 156 g/mol. The van der Waals surface area contributed by atoms with Gasteiger partial charge in [0, 0.05) is 0 Å². The largest absolute Gasteiger partial charge is 0.0654 e. The maximum atomic E-state index is 2.39. The Bertz CT molecular complexity index is 111. The van der Waals surface area contributed by atoms with Gasteiger partial charge < -0.3 is 0 Å². The van der Waals surface area contributed by atoms with Crippen molar-refractivity contribution in [3.05, 3.63) is 5.92 Å². The van der Waals surface area contributed by atoms with Gasteiger partial charge in [0.15, 0.2) is 0 Å². The van der Waals surface area contributed by atoms with Crippen molar-refractivity contribution in [1.82, 2.24) is 0 Å². The van der Waals surface area contributed by atoms with Crippen molar-refractivity contribution < 1.29 is 0 Å². The smallest absolute Gasteiger partial charge is 0.0241 e. The molecule has 0 bridgehead atoms. The van der Waals surface area contributed by atoms with Gasteiger partial charge in [-0.05, 0) is 31.1 Å². The summed E-state index contributed by atoms with van der Waals surface area (Å²) in [5.41, 5.74) is 0. The maximum absolute atomic E-state index is 2.39. The molecule has 1 fully saturated rings. The highest BCUT2D eigenvalue weighted by Crippen LogP contribution is 2.33. The van der Waals surface area contributed by atoms with Gasteiger partial charge in [0.05, 0.1) is 0 Å². The van der Waals surface area contributed by atoms with Crippen LogP contribution in [0.2, 0.25) is 0 Å². The first-order chi connectivity index (χ1) is 6.34. The fraction of sp³-hybridized carbons (Fsp3) is 0.923. The van der Waals surface area contributed by atoms with Crippen LogP contribution >= 0.6 is 0 Å². The normalized spacial score (nSPS) is 19.6. The Hall–Kier alpha value is 0. The molecule has 0 unspecified atom stereocenters. The maximum Gasteiger partial charge on any atom is -0.0241 e. The Kier molecular flexibility index (Phi) is 5.50. The van der Waals surface area contributed by atoms with Crippen LogP contribution in [0.25, 0.3) is 0 Å². The molecule has 0 amide bonds. The number of hydrogen-bond donors (Lipinski definition) is 0. The van der Waals surface area contributed by atoms with E-state index in [1.165, 1.54) is 57.8 Å². The molecule has 0 aromatic rings. The van der Waals surface area contributed by atoms with Crippen LogP contribution in [0.5, 0.6) is 0 Å². The van der Waals surface area contributed by atoms with E-state index >= 15 is 0 Å². The lowest BCUT2D eigenvalue weighted by atomic mass is 9.79. The molecule has 1 aliphatic carbocycles. The van der Waals surface area contributed by atoms with E-state index in [2.05, 4.69) is 13.8 Å². The van der Waals surface area contributed by atoms with Gasteiger partial charge in [0.25, 0.3) is 0 Å². The quantitative estimate of drug-likeness (QED) is 0.537. The molecule has 0 aromatic heterocycles. The molecule has 1 rings (SSSR count). The van der Waals surface area contributed by atoms with E-state index in [9.17, 15) is 0 Å². The van der Waals surface area contributed by atoms with Crippen molar-refractivity contribution in [2.24, 2.45) is 5.92 Å². The van der Waals surface area contributed by atoms with Gasteiger partial charge in [-0.3, -0.25) is 0 Å². The van der Waals surface area contributed by atoms with Crippen molar-refractivity contribution in [2.45, 2.75) is 71.6 Å². The third-order valence-electron chi connectivity index (χ3n) is 3.48. The first-order valence-corrected chi connectivity index (χ1v) is 6.17. The lowest BCUT2D eigenvalue weighted by Gasteiger charge is -2.27. The molecule has 1 saturated carbocycles. The SMILES string of the molecule is CCCCC[C](C)C1CCCCC1. The summed E-state index contributed by atoms with van der Waals surface area (Å²) in [6.07, 6.45) is 13.0. The summed E-state index contributed by atoms with van der Waals surface area (Å²) < 4.78 is 0. The van der Waals surface area contributed by atoms with Crippen LogP contribution in [-0.4, -0.2) is 0 Å². The van der Waals surface area contributed by atoms with Crippen LogP contribution in [0.4, 0.5) is 0 Å². The first kappa shape index (κ1) is 11.1. The predicted molar refractivity (Wildman–Crippen MR) is 59.6 cm³/mol. The summed E-state index contributed by atoms with van der Waals surface area (Å²) in [7, 11) is 0. The zero-order valence-electron chi connectivity index (χ0n) is 9.44. The summed E-state index contributed by atoms with van der Waals surface area (Å²) in [6, 6.07) is 0. The molecule has 0 saturated heterocycles. The van der Waals surface area contributed by atoms with E-state index in [4.69, 9.17) is 0 Å². The Morgan fingerprint density at radius 1 is 1.08 bits per heavy atom. The third kappa shape index (κ3) is 4.15. The molecule has 0 heterocycles. The summed E-state index contributed by atoms with van der Waals surface area (Å²) in [6.45, 7) is 4.68. The third-order valence-corrected chi connectivity index (χ3v) is 3.48. The second-order valence-corrected chi connectivity index (χ2v) is 4.64. The molecule has 1 radical (unpaired) electrons. The Morgan fingerprint density at radius 3 is 2.38 bits per heavy atom. The van der Waals surface area contributed by atoms with Gasteiger partial charge in [-0.25, -0.2) is 0 Å². The standard InChI is InChI=1S/C13H25/c1-3-4-6-9-12(2)13-10-7-5-8-11-13/h13H,3-11H2,1-2H3. The van der Waals surface area contributed by atoms with Crippen molar-refractivity contribution in [3.63, 3.8) is 0 Å². The molecule has 0 atom stereocenters. The molecule has 0 spiro atoms. The van der Waals surface area contributed by atoms with Gasteiger partial charge in [0.2, 0.25) is 0 Å². The highest BCUT2D eigenvalue weighted by molar-refractivity contribution is 4.92. The second-order valence-electron chi connectivity index (χ2n) is 4.64. The summed E-state index contributed by atoms with van der Waals surface area (Å²) >= 11 is 0. The monoisotopic (exact) mass is 181 g/mol. The average Bonchev–Trinajstić information content (AvgIpc) is 2.19. The van der Waals surface area contributed by atoms with E-state index in [1.54, 1.807) is 5.92 Å². The number of hydrogen-bond acceptors (Lipinski definition) is 0. The van der Waals surface area contributed by atoms with Crippen LogP contribution < -0.4 is 0 Å². The number of unbranched alkanes of at least 4 members (excludes halogenated alkanes) is 2. The van der Waals surface area contributed by atoms with Crippen molar-refractivity contribution in [2.75, 3.05) is 0 Å². The van der Waals surface area contributed by atoms with E-state index in [0.717, 1.165) is 5.92 Å². The summed E-state index contributed by atoms with van der Waals surface area (Å²) in [4.78, 5) is 0. The van der Waals surface area contributed by atoms with Crippen molar-refractivity contribution >= 4 is 0 Å². The number of rotatable bonds is 5. The molecule has 77 valence electrons. The molecule has 1 aliphatic rings. The second kappa shape index (κ2) is 6.45. The Morgan fingerprint density at radius 2 is 1.77 bits per heavy atom. The Labute approximate surface area is 84.1 Å². The predicted octanol–water partition coefficient (Wildman–Crippen LogP) is 4.74. The van der Waals surface area contributed by atoms with Gasteiger partial charge in [-0.15, -0.1) is 0 Å². The molecule has 13 heavy (non-hydrogen) atoms. The van der Waals surface area contributed by atoms with Crippen molar-refractivity contribution in [1.29, 1.82) is 0 Å². The van der Waals surface area contributed by atoms with Crippen LogP contribution in [0.3, 0.4) is 0 Å². The van der Waals surface area contributed by atoms with Crippen LogP contribution in [0.15, 0.2) is 0 Å². The zero-order chi connectivity index (χ0) is 9.52. The lowest BCUT2D eigenvalue weighted by molar-refractivity contribution is 0.356. The molecule has 0 nitrogen and oxygen atoms in total. The van der Waals surface area contributed by atoms with Crippen LogP contribution in [0, 0.1) is 11.8 Å². The molecular formula is C13H25. The van der Waals surface area contributed by atoms with E-state index in [-0.39, 0.29) is 0 Å². The fourth-order valence-corrected chi connectivity index (χ4v) is 2.45. The van der Waals surface area contributed by atoms with Crippen LogP contribution in [-0.2, 0) is 0 Å². The van der Waals surface area contributed by atoms with Gasteiger partial charge >= 0.3 is 0 Å².